The number of carbonyl (C=O) groups excluding carboxylic acids is 4. The molecule has 0 aliphatic heterocycles. The predicted octanol–water partition coefficient (Wildman–Crippen LogP) is 1.04. The Morgan fingerprint density at radius 1 is 1.00 bits per heavy atom. The topological polar surface area (TPSA) is 74.8 Å². The zero-order valence-corrected chi connectivity index (χ0v) is 13.7. The summed E-state index contributed by atoms with van der Waals surface area (Å²) in [5, 5.41) is 0. The zero-order chi connectivity index (χ0) is 17.4. The third kappa shape index (κ3) is 6.02. The van der Waals surface area contributed by atoms with Gasteiger partial charge in [-0.25, -0.2) is 0 Å². The van der Waals surface area contributed by atoms with Gasteiger partial charge in [0.05, 0.1) is 13.1 Å². The van der Waals surface area contributed by atoms with Crippen LogP contribution in [0.3, 0.4) is 0 Å². The summed E-state index contributed by atoms with van der Waals surface area (Å²) in [5.74, 6) is -1.88. The van der Waals surface area contributed by atoms with Crippen molar-refractivity contribution < 1.29 is 19.2 Å². The number of ketones is 2. The Kier molecular flexibility index (Phi) is 7.12. The Labute approximate surface area is 136 Å². The normalized spacial score (nSPS) is 10.0. The molecular weight excluding hydrogens is 296 g/mol. The molecule has 0 N–H and O–H groups in total. The minimum atomic E-state index is -0.750. The maximum absolute atomic E-state index is 12.3. The van der Waals surface area contributed by atoms with Crippen molar-refractivity contribution in [3.8, 4) is 0 Å². The first-order valence-electron chi connectivity index (χ1n) is 7.44. The first kappa shape index (κ1) is 18.5. The quantitative estimate of drug-likeness (QED) is 0.671. The van der Waals surface area contributed by atoms with E-state index in [1.54, 1.807) is 6.92 Å². The average Bonchev–Trinajstić information content (AvgIpc) is 2.53. The molecule has 1 rings (SSSR count). The maximum Gasteiger partial charge on any atom is 0.292 e. The molecule has 6 nitrogen and oxygen atoms in total. The third-order valence-electron chi connectivity index (χ3n) is 3.26. The number of hydrogen-bond donors (Lipinski definition) is 0. The molecule has 2 amide bonds. The van der Waals surface area contributed by atoms with E-state index >= 15 is 0 Å². The molecule has 0 spiro atoms. The van der Waals surface area contributed by atoms with Gasteiger partial charge in [0.25, 0.3) is 5.91 Å². The molecule has 0 saturated heterocycles. The summed E-state index contributed by atoms with van der Waals surface area (Å²) in [6.45, 7) is 2.81. The van der Waals surface area contributed by atoms with E-state index in [1.807, 2.05) is 30.3 Å². The van der Waals surface area contributed by atoms with Gasteiger partial charge < -0.3 is 9.80 Å². The van der Waals surface area contributed by atoms with Crippen LogP contribution in [-0.4, -0.2) is 53.3 Å². The number of Topliss-reactive ketones (excluding diaryl/α,β-unsaturated/α-hetero) is 2. The molecule has 0 saturated carbocycles. The van der Waals surface area contributed by atoms with E-state index in [0.29, 0.717) is 0 Å². The molecule has 0 fully saturated rings. The van der Waals surface area contributed by atoms with E-state index in [2.05, 4.69) is 0 Å². The Balaban J connectivity index is 2.80. The van der Waals surface area contributed by atoms with Gasteiger partial charge in [-0.1, -0.05) is 37.3 Å². The standard InChI is InChI=1S/C17H22N2O4/c1-4-16(22)18(3)12-15(21)17(23)19(10-13(2)20)11-14-8-6-5-7-9-14/h5-9H,4,10-12H2,1-3H3. The van der Waals surface area contributed by atoms with Crippen LogP contribution in [0.25, 0.3) is 0 Å². The molecule has 0 aliphatic rings. The highest BCUT2D eigenvalue weighted by Gasteiger charge is 2.25. The average molecular weight is 318 g/mol. The lowest BCUT2D eigenvalue weighted by Gasteiger charge is -2.22. The second-order valence-corrected chi connectivity index (χ2v) is 5.38. The van der Waals surface area contributed by atoms with Crippen LogP contribution in [-0.2, 0) is 25.7 Å². The minimum Gasteiger partial charge on any atom is -0.338 e. The molecule has 0 unspecified atom stereocenters. The van der Waals surface area contributed by atoms with E-state index in [0.717, 1.165) is 5.56 Å². The molecular formula is C17H22N2O4. The van der Waals surface area contributed by atoms with Crippen LogP contribution in [0, 0.1) is 0 Å². The van der Waals surface area contributed by atoms with Gasteiger partial charge in [-0.15, -0.1) is 0 Å². The van der Waals surface area contributed by atoms with E-state index in [4.69, 9.17) is 0 Å². The summed E-state index contributed by atoms with van der Waals surface area (Å²) < 4.78 is 0. The van der Waals surface area contributed by atoms with Gasteiger partial charge in [0, 0.05) is 20.0 Å². The molecule has 0 heterocycles. The Hall–Kier alpha value is -2.50. The molecule has 1 aromatic carbocycles. The van der Waals surface area contributed by atoms with Crippen LogP contribution >= 0.6 is 0 Å². The van der Waals surface area contributed by atoms with E-state index in [1.165, 1.54) is 23.8 Å². The summed E-state index contributed by atoms with van der Waals surface area (Å²) in [7, 11) is 1.48. The predicted molar refractivity (Wildman–Crippen MR) is 85.5 cm³/mol. The molecule has 0 radical (unpaired) electrons. The van der Waals surface area contributed by atoms with Gasteiger partial charge in [-0.05, 0) is 12.5 Å². The number of benzene rings is 1. The number of hydrogen-bond acceptors (Lipinski definition) is 4. The Morgan fingerprint density at radius 3 is 2.13 bits per heavy atom. The summed E-state index contributed by atoms with van der Waals surface area (Å²) in [5.41, 5.74) is 0.827. The van der Waals surface area contributed by atoms with Crippen molar-refractivity contribution in [2.45, 2.75) is 26.8 Å². The lowest BCUT2D eigenvalue weighted by molar-refractivity contribution is -0.148. The first-order valence-corrected chi connectivity index (χ1v) is 7.44. The Bertz CT molecular complexity index is 584. The third-order valence-corrected chi connectivity index (χ3v) is 3.26. The van der Waals surface area contributed by atoms with Gasteiger partial charge in [0.15, 0.2) is 0 Å². The smallest absolute Gasteiger partial charge is 0.292 e. The lowest BCUT2D eigenvalue weighted by Crippen LogP contribution is -2.43. The van der Waals surface area contributed by atoms with Crippen molar-refractivity contribution >= 4 is 23.4 Å². The number of rotatable bonds is 8. The van der Waals surface area contributed by atoms with Crippen molar-refractivity contribution in [2.75, 3.05) is 20.1 Å². The van der Waals surface area contributed by atoms with Gasteiger partial charge in [0.1, 0.15) is 5.78 Å². The van der Waals surface area contributed by atoms with Crippen LogP contribution in [0.1, 0.15) is 25.8 Å². The molecule has 0 atom stereocenters. The summed E-state index contributed by atoms with van der Waals surface area (Å²) in [6.07, 6.45) is 0.263. The fraction of sp³-hybridized carbons (Fsp3) is 0.412. The fourth-order valence-corrected chi connectivity index (χ4v) is 2.09. The van der Waals surface area contributed by atoms with Gasteiger partial charge in [-0.2, -0.15) is 0 Å². The molecule has 0 aromatic heterocycles. The number of nitrogens with zero attached hydrogens (tertiary/aromatic N) is 2. The van der Waals surface area contributed by atoms with Crippen LogP contribution in [0.15, 0.2) is 30.3 Å². The monoisotopic (exact) mass is 318 g/mol. The Morgan fingerprint density at radius 2 is 1.61 bits per heavy atom. The van der Waals surface area contributed by atoms with Crippen LogP contribution < -0.4 is 0 Å². The summed E-state index contributed by atoms with van der Waals surface area (Å²) in [4.78, 5) is 49.7. The van der Waals surface area contributed by atoms with Crippen molar-refractivity contribution in [1.29, 1.82) is 0 Å². The fourth-order valence-electron chi connectivity index (χ4n) is 2.09. The van der Waals surface area contributed by atoms with Crippen molar-refractivity contribution in [3.05, 3.63) is 35.9 Å². The lowest BCUT2D eigenvalue weighted by atomic mass is 10.2. The van der Waals surface area contributed by atoms with Gasteiger partial charge in [-0.3, -0.25) is 19.2 Å². The number of carbonyl (C=O) groups is 4. The van der Waals surface area contributed by atoms with E-state index in [-0.39, 0.29) is 37.7 Å². The van der Waals surface area contributed by atoms with E-state index < -0.39 is 11.7 Å². The maximum atomic E-state index is 12.3. The molecule has 1 aromatic rings. The van der Waals surface area contributed by atoms with Crippen LogP contribution in [0.2, 0.25) is 0 Å². The molecule has 124 valence electrons. The van der Waals surface area contributed by atoms with Gasteiger partial charge in [0.2, 0.25) is 11.7 Å². The zero-order valence-electron chi connectivity index (χ0n) is 13.7. The van der Waals surface area contributed by atoms with Crippen molar-refractivity contribution in [3.63, 3.8) is 0 Å². The highest BCUT2D eigenvalue weighted by atomic mass is 16.2. The number of amides is 2. The molecule has 0 aliphatic carbocycles. The second kappa shape index (κ2) is 8.82. The minimum absolute atomic E-state index is 0.134. The molecule has 23 heavy (non-hydrogen) atoms. The largest absolute Gasteiger partial charge is 0.338 e. The van der Waals surface area contributed by atoms with Crippen LogP contribution in [0.4, 0.5) is 0 Å². The summed E-state index contributed by atoms with van der Waals surface area (Å²) >= 11 is 0. The molecule has 0 bridgehead atoms. The van der Waals surface area contributed by atoms with Crippen molar-refractivity contribution in [1.82, 2.24) is 9.80 Å². The van der Waals surface area contributed by atoms with Crippen molar-refractivity contribution in [2.24, 2.45) is 0 Å². The van der Waals surface area contributed by atoms with E-state index in [9.17, 15) is 19.2 Å². The number of likely N-dealkylation sites (N-methyl/N-ethyl adjacent to an activating group) is 1. The first-order chi connectivity index (χ1) is 10.8. The SMILES string of the molecule is CCC(=O)N(C)CC(=O)C(=O)N(CC(C)=O)Cc1ccccc1. The molecule has 6 heteroatoms. The second-order valence-electron chi connectivity index (χ2n) is 5.38. The highest BCUT2D eigenvalue weighted by molar-refractivity contribution is 6.37. The van der Waals surface area contributed by atoms with Crippen LogP contribution in [0.5, 0.6) is 0 Å². The highest BCUT2D eigenvalue weighted by Crippen LogP contribution is 2.06. The van der Waals surface area contributed by atoms with Gasteiger partial charge >= 0.3 is 0 Å². The summed E-state index contributed by atoms with van der Waals surface area (Å²) in [6, 6.07) is 9.12.